The quantitative estimate of drug-likeness (QED) is 0.728. The second kappa shape index (κ2) is 8.17. The van der Waals surface area contributed by atoms with Crippen molar-refractivity contribution in [2.75, 3.05) is 24.7 Å². The maximum atomic E-state index is 12.1. The predicted molar refractivity (Wildman–Crippen MR) is 79.1 cm³/mol. The highest BCUT2D eigenvalue weighted by molar-refractivity contribution is 7.89. The zero-order valence-corrected chi connectivity index (χ0v) is 12.8. The van der Waals surface area contributed by atoms with Crippen LogP contribution in [0.5, 0.6) is 0 Å². The van der Waals surface area contributed by atoms with E-state index in [2.05, 4.69) is 16.6 Å². The fraction of sp³-hybridized carbons (Fsp3) is 0.385. The van der Waals surface area contributed by atoms with E-state index in [-0.39, 0.29) is 23.8 Å². The molecule has 7 heteroatoms. The molecule has 1 unspecified atom stereocenters. The van der Waals surface area contributed by atoms with Crippen LogP contribution in [0, 0.1) is 11.8 Å². The van der Waals surface area contributed by atoms with Crippen LogP contribution in [0.15, 0.2) is 29.2 Å². The second-order valence-electron chi connectivity index (χ2n) is 3.79. The molecule has 110 valence electrons. The van der Waals surface area contributed by atoms with E-state index in [4.69, 9.17) is 5.11 Å². The summed E-state index contributed by atoms with van der Waals surface area (Å²) in [6.07, 6.45) is 0. The highest BCUT2D eigenvalue weighted by Gasteiger charge is 2.16. The van der Waals surface area contributed by atoms with Crippen LogP contribution in [0.25, 0.3) is 0 Å². The Morgan fingerprint density at radius 1 is 1.35 bits per heavy atom. The standard InChI is InChI=1S/C13H17NO4S2/c1-2-19(16)11-9-14-20(17,18)13-8-4-3-6-12(13)7-5-10-15/h3-4,6,8,14-15H,2,9-11H2,1H3. The van der Waals surface area contributed by atoms with Gasteiger partial charge in [0.25, 0.3) is 0 Å². The Morgan fingerprint density at radius 3 is 2.70 bits per heavy atom. The molecule has 5 nitrogen and oxygen atoms in total. The summed E-state index contributed by atoms with van der Waals surface area (Å²) in [5.41, 5.74) is 0.325. The van der Waals surface area contributed by atoms with Gasteiger partial charge in [-0.1, -0.05) is 30.9 Å². The van der Waals surface area contributed by atoms with Crippen LogP contribution >= 0.6 is 0 Å². The first-order chi connectivity index (χ1) is 9.51. The van der Waals surface area contributed by atoms with Gasteiger partial charge in [-0.25, -0.2) is 13.1 Å². The minimum atomic E-state index is -3.69. The highest BCUT2D eigenvalue weighted by Crippen LogP contribution is 2.13. The van der Waals surface area contributed by atoms with Crippen molar-refractivity contribution in [2.24, 2.45) is 0 Å². The molecule has 0 aliphatic rings. The van der Waals surface area contributed by atoms with Crippen molar-refractivity contribution in [1.29, 1.82) is 0 Å². The van der Waals surface area contributed by atoms with Crippen molar-refractivity contribution < 1.29 is 17.7 Å². The molecule has 0 amide bonds. The van der Waals surface area contributed by atoms with Crippen molar-refractivity contribution in [3.63, 3.8) is 0 Å². The molecule has 1 rings (SSSR count). The monoisotopic (exact) mass is 315 g/mol. The SMILES string of the molecule is CCS(=O)CCNS(=O)(=O)c1ccccc1C#CCO. The van der Waals surface area contributed by atoms with Crippen molar-refractivity contribution in [1.82, 2.24) is 4.72 Å². The van der Waals surface area contributed by atoms with Gasteiger partial charge in [0.1, 0.15) is 6.61 Å². The van der Waals surface area contributed by atoms with Gasteiger partial charge in [-0.3, -0.25) is 4.21 Å². The van der Waals surface area contributed by atoms with Crippen molar-refractivity contribution in [2.45, 2.75) is 11.8 Å². The first kappa shape index (κ1) is 16.9. The van der Waals surface area contributed by atoms with E-state index in [1.807, 2.05) is 0 Å². The third-order valence-corrected chi connectivity index (χ3v) is 5.25. The lowest BCUT2D eigenvalue weighted by atomic mass is 10.2. The van der Waals surface area contributed by atoms with Crippen molar-refractivity contribution in [3.05, 3.63) is 29.8 Å². The van der Waals surface area contributed by atoms with E-state index in [0.29, 0.717) is 11.3 Å². The Bertz CT molecular complexity index is 629. The molecule has 1 atom stereocenters. The highest BCUT2D eigenvalue weighted by atomic mass is 32.2. The number of rotatable bonds is 6. The van der Waals surface area contributed by atoms with Gasteiger partial charge in [0.15, 0.2) is 0 Å². The average molecular weight is 315 g/mol. The number of nitrogens with one attached hydrogen (secondary N) is 1. The number of hydrogen-bond donors (Lipinski definition) is 2. The molecule has 0 spiro atoms. The third kappa shape index (κ3) is 5.06. The Hall–Kier alpha value is -1.20. The Morgan fingerprint density at radius 2 is 2.05 bits per heavy atom. The van der Waals surface area contributed by atoms with Gasteiger partial charge in [-0.2, -0.15) is 0 Å². The molecule has 0 radical (unpaired) electrons. The first-order valence-electron chi connectivity index (χ1n) is 6.04. The largest absolute Gasteiger partial charge is 0.384 e. The fourth-order valence-electron chi connectivity index (χ4n) is 1.45. The molecule has 0 saturated heterocycles. The van der Waals surface area contributed by atoms with E-state index < -0.39 is 20.8 Å². The molecular formula is C13H17NO4S2. The number of hydrogen-bond acceptors (Lipinski definition) is 4. The smallest absolute Gasteiger partial charge is 0.241 e. The summed E-state index contributed by atoms with van der Waals surface area (Å²) in [6.45, 7) is 1.56. The van der Waals surface area contributed by atoms with E-state index in [0.717, 1.165) is 0 Å². The zero-order valence-electron chi connectivity index (χ0n) is 11.1. The van der Waals surface area contributed by atoms with Gasteiger partial charge in [0.2, 0.25) is 10.0 Å². The number of sulfonamides is 1. The van der Waals surface area contributed by atoms with Gasteiger partial charge in [-0.15, -0.1) is 0 Å². The summed E-state index contributed by atoms with van der Waals surface area (Å²) in [5, 5.41) is 8.68. The van der Waals surface area contributed by atoms with Crippen LogP contribution in [0.4, 0.5) is 0 Å². The normalized spacial score (nSPS) is 12.5. The van der Waals surface area contributed by atoms with E-state index in [9.17, 15) is 12.6 Å². The van der Waals surface area contributed by atoms with Crippen LogP contribution in [0.1, 0.15) is 12.5 Å². The van der Waals surface area contributed by atoms with E-state index in [1.54, 1.807) is 25.1 Å². The molecule has 0 bridgehead atoms. The zero-order chi connectivity index (χ0) is 15.0. The van der Waals surface area contributed by atoms with Gasteiger partial charge in [0.05, 0.1) is 4.90 Å². The topological polar surface area (TPSA) is 83.5 Å². The molecule has 0 heterocycles. The summed E-state index contributed by atoms with van der Waals surface area (Å²) < 4.78 is 38.0. The molecule has 0 aromatic heterocycles. The molecule has 2 N–H and O–H groups in total. The molecule has 1 aromatic carbocycles. The van der Waals surface area contributed by atoms with E-state index in [1.165, 1.54) is 6.07 Å². The lowest BCUT2D eigenvalue weighted by Gasteiger charge is -2.08. The second-order valence-corrected chi connectivity index (χ2v) is 7.39. The summed E-state index contributed by atoms with van der Waals surface area (Å²) >= 11 is 0. The van der Waals surface area contributed by atoms with Crippen LogP contribution in [0.2, 0.25) is 0 Å². The summed E-state index contributed by atoms with van der Waals surface area (Å²) in [6, 6.07) is 6.29. The average Bonchev–Trinajstić information content (AvgIpc) is 2.45. The molecule has 0 aliphatic heterocycles. The Labute approximate surface area is 121 Å². The maximum Gasteiger partial charge on any atom is 0.241 e. The molecule has 0 fully saturated rings. The fourth-order valence-corrected chi connectivity index (χ4v) is 3.39. The van der Waals surface area contributed by atoms with Gasteiger partial charge < -0.3 is 5.11 Å². The molecule has 0 aliphatic carbocycles. The number of aliphatic hydroxyl groups excluding tert-OH is 1. The van der Waals surface area contributed by atoms with Crippen molar-refractivity contribution in [3.8, 4) is 11.8 Å². The van der Waals surface area contributed by atoms with Gasteiger partial charge in [-0.05, 0) is 12.1 Å². The lowest BCUT2D eigenvalue weighted by Crippen LogP contribution is -2.28. The molecule has 20 heavy (non-hydrogen) atoms. The minimum Gasteiger partial charge on any atom is -0.384 e. The maximum absolute atomic E-state index is 12.1. The summed E-state index contributed by atoms with van der Waals surface area (Å²) in [4.78, 5) is 0.0585. The van der Waals surface area contributed by atoms with E-state index >= 15 is 0 Å². The van der Waals surface area contributed by atoms with Crippen LogP contribution in [-0.4, -0.2) is 42.4 Å². The Balaban J connectivity index is 2.90. The van der Waals surface area contributed by atoms with Gasteiger partial charge in [0, 0.05) is 34.4 Å². The van der Waals surface area contributed by atoms with Crippen LogP contribution in [-0.2, 0) is 20.8 Å². The van der Waals surface area contributed by atoms with Gasteiger partial charge >= 0.3 is 0 Å². The molecular weight excluding hydrogens is 298 g/mol. The molecule has 1 aromatic rings. The third-order valence-electron chi connectivity index (χ3n) is 2.42. The summed E-state index contributed by atoms with van der Waals surface area (Å²) in [5.74, 6) is 5.80. The lowest BCUT2D eigenvalue weighted by molar-refractivity contribution is 0.350. The Kier molecular flexibility index (Phi) is 6.88. The minimum absolute atomic E-state index is 0.0585. The van der Waals surface area contributed by atoms with Crippen LogP contribution in [0.3, 0.4) is 0 Å². The predicted octanol–water partition coefficient (Wildman–Crippen LogP) is 0.0773. The van der Waals surface area contributed by atoms with Crippen molar-refractivity contribution >= 4 is 20.8 Å². The van der Waals surface area contributed by atoms with Crippen LogP contribution < -0.4 is 4.72 Å². The number of benzene rings is 1. The summed E-state index contributed by atoms with van der Waals surface area (Å²) in [7, 11) is -4.71. The molecule has 0 saturated carbocycles. The first-order valence-corrected chi connectivity index (χ1v) is 9.01. The number of aliphatic hydroxyl groups is 1.